The molecule has 2 saturated heterocycles. The van der Waals surface area contributed by atoms with Gasteiger partial charge in [0.1, 0.15) is 35.2 Å². The van der Waals surface area contributed by atoms with Crippen molar-refractivity contribution in [2.45, 2.75) is 40.7 Å². The van der Waals surface area contributed by atoms with Crippen LogP contribution in [0.15, 0.2) is 102 Å². The molecule has 2 fully saturated rings. The Bertz CT molecular complexity index is 2640. The summed E-state index contributed by atoms with van der Waals surface area (Å²) >= 11 is 12.2. The molecule has 0 radical (unpaired) electrons. The number of phenols is 1. The lowest BCUT2D eigenvalue weighted by atomic mass is 9.90. The molecule has 21 heteroatoms. The quantitative estimate of drug-likeness (QED) is 0.0447. The van der Waals surface area contributed by atoms with Gasteiger partial charge in [-0.25, -0.2) is 0 Å². The summed E-state index contributed by atoms with van der Waals surface area (Å²) < 4.78 is 125. The molecule has 322 valence electrons. The number of ether oxygens (including phenoxy) is 3. The van der Waals surface area contributed by atoms with E-state index in [2.05, 4.69) is 0 Å². The van der Waals surface area contributed by atoms with E-state index in [1.54, 1.807) is 12.1 Å². The van der Waals surface area contributed by atoms with E-state index in [0.717, 1.165) is 18.2 Å². The molecule has 61 heavy (non-hydrogen) atoms. The Balaban J connectivity index is 0.000000140. The number of fused-ring (bicyclic) bond motifs is 6. The number of epoxide rings is 2. The van der Waals surface area contributed by atoms with Gasteiger partial charge < -0.3 is 29.5 Å². The second kappa shape index (κ2) is 16.0. The van der Waals surface area contributed by atoms with Crippen LogP contribution in [0.4, 0.5) is 32.0 Å². The summed E-state index contributed by atoms with van der Waals surface area (Å²) in [6, 6.07) is 20.9. The molecule has 0 unspecified atom stereocenters. The van der Waals surface area contributed by atoms with Crippen molar-refractivity contribution in [2.75, 3.05) is 26.4 Å². The molecule has 2 aliphatic heterocycles. The Hall–Kier alpha value is -4.99. The molecule has 0 saturated carbocycles. The highest BCUT2D eigenvalue weighted by Gasteiger charge is 2.62. The second-order valence-electron chi connectivity index (χ2n) is 13.9. The number of aliphatic hydroxyl groups is 2. The summed E-state index contributed by atoms with van der Waals surface area (Å²) in [6.45, 7) is 1.21. The zero-order valence-corrected chi connectivity index (χ0v) is 33.0. The van der Waals surface area contributed by atoms with Gasteiger partial charge in [-0.15, -0.1) is 0 Å². The van der Waals surface area contributed by atoms with Gasteiger partial charge in [0.25, 0.3) is 15.8 Å². The molecule has 4 atom stereocenters. The van der Waals surface area contributed by atoms with Crippen molar-refractivity contribution in [1.82, 2.24) is 0 Å². The number of benzene rings is 5. The van der Waals surface area contributed by atoms with E-state index < -0.39 is 49.9 Å². The molecule has 0 amide bonds. The Morgan fingerprint density at radius 1 is 0.721 bits per heavy atom. The number of alkyl halides is 6. The number of phenolic OH excluding ortho intramolecular Hbond substituents is 1. The summed E-state index contributed by atoms with van der Waals surface area (Å²) in [5.74, 6) is -0.256. The maximum Gasteiger partial charge on any atom is 0.425 e. The maximum absolute atomic E-state index is 13.7. The van der Waals surface area contributed by atoms with Gasteiger partial charge in [0.15, 0.2) is 0 Å². The fraction of sp³-hybridized carbons (Fsp3) is 0.250. The number of hydrogen-bond acceptors (Lipinski definition) is 11. The number of hydrogen-bond donors (Lipinski definition) is 3. The van der Waals surface area contributed by atoms with Gasteiger partial charge in [-0.2, -0.15) is 34.8 Å². The molecular formula is C40H29Cl2F6NO11S. The number of nitro benzene ring substituents is 1. The number of rotatable bonds is 8. The van der Waals surface area contributed by atoms with Crippen LogP contribution >= 0.6 is 23.2 Å². The first-order valence-electron chi connectivity index (χ1n) is 17.7. The van der Waals surface area contributed by atoms with Gasteiger partial charge in [0.2, 0.25) is 11.2 Å². The maximum atomic E-state index is 13.7. The molecule has 0 bridgehead atoms. The van der Waals surface area contributed by atoms with Crippen LogP contribution < -0.4 is 4.74 Å². The molecule has 3 N–H and O–H groups in total. The predicted molar refractivity (Wildman–Crippen MR) is 205 cm³/mol. The zero-order valence-electron chi connectivity index (χ0n) is 30.7. The monoisotopic (exact) mass is 915 g/mol. The van der Waals surface area contributed by atoms with Gasteiger partial charge in [-0.3, -0.25) is 14.3 Å². The van der Waals surface area contributed by atoms with Crippen LogP contribution in [0, 0.1) is 10.1 Å². The normalized spacial score (nSPS) is 21.7. The second-order valence-corrected chi connectivity index (χ2v) is 16.3. The van der Waals surface area contributed by atoms with Gasteiger partial charge in [-0.05, 0) is 41.5 Å². The van der Waals surface area contributed by atoms with Crippen molar-refractivity contribution in [1.29, 1.82) is 0 Å². The molecule has 0 aromatic heterocycles. The highest BCUT2D eigenvalue weighted by Crippen LogP contribution is 2.59. The van der Waals surface area contributed by atoms with Gasteiger partial charge >= 0.3 is 12.4 Å². The number of aromatic hydroxyl groups is 1. The van der Waals surface area contributed by atoms with Crippen molar-refractivity contribution in [3.05, 3.63) is 139 Å². The summed E-state index contributed by atoms with van der Waals surface area (Å²) in [4.78, 5) is 9.61. The third-order valence-corrected chi connectivity index (χ3v) is 11.8. The Kier molecular flexibility index (Phi) is 11.6. The molecule has 12 nitrogen and oxygen atoms in total. The summed E-state index contributed by atoms with van der Waals surface area (Å²) in [7, 11) is -3.96. The smallest absolute Gasteiger partial charge is 0.425 e. The minimum absolute atomic E-state index is 0.0346. The number of nitro groups is 1. The molecule has 2 heterocycles. The van der Waals surface area contributed by atoms with Crippen LogP contribution in [0.2, 0.25) is 10.0 Å². The zero-order chi connectivity index (χ0) is 44.3. The molecule has 5 aromatic rings. The number of non-ortho nitro benzene ring substituents is 1. The van der Waals surface area contributed by atoms with E-state index in [4.69, 9.17) is 41.6 Å². The van der Waals surface area contributed by atoms with Crippen molar-refractivity contribution in [3.63, 3.8) is 0 Å². The van der Waals surface area contributed by atoms with Crippen LogP contribution in [0.3, 0.4) is 0 Å². The first kappa shape index (κ1) is 44.1. The molecule has 5 aromatic carbocycles. The van der Waals surface area contributed by atoms with Gasteiger partial charge in [0, 0.05) is 45.5 Å². The van der Waals surface area contributed by atoms with E-state index in [0.29, 0.717) is 13.2 Å². The molecule has 2 aliphatic carbocycles. The third kappa shape index (κ3) is 8.36. The number of nitrogens with zero attached hydrogens (tertiary/aromatic N) is 1. The lowest BCUT2D eigenvalue weighted by Crippen LogP contribution is -2.41. The van der Waals surface area contributed by atoms with Gasteiger partial charge in [0.05, 0.1) is 34.8 Å². The van der Waals surface area contributed by atoms with E-state index in [1.165, 1.54) is 66.7 Å². The minimum Gasteiger partial charge on any atom is -0.508 e. The van der Waals surface area contributed by atoms with E-state index in [-0.39, 0.29) is 90.7 Å². The van der Waals surface area contributed by atoms with E-state index in [9.17, 15) is 60.2 Å². The molecule has 9 rings (SSSR count). The average molecular weight is 917 g/mol. The topological polar surface area (TPSA) is 181 Å². The van der Waals surface area contributed by atoms with Crippen molar-refractivity contribution in [2.24, 2.45) is 0 Å². The van der Waals surface area contributed by atoms with Crippen molar-refractivity contribution < 1.29 is 73.4 Å². The summed E-state index contributed by atoms with van der Waals surface area (Å²) in [5, 5.41) is 41.0. The standard InChI is InChI=1S/C17H12ClF3O3.C14H8ClF3O2.C9H9NO6S/c18-14-6-9(23-7-10-8-24-10)5-13-15(14)11-3-1-2-4-12(11)16(13,22)17(19,20)21;15-11-6-7(19)5-10-12(11)8-3-1-2-4-9(8)13(10,20)14(16,17)18;11-10(12)7-2-1-3-9(4-7)17(13,14)16-6-8-5-15-8/h1-6,10,22H,7-8H2;1-6,19-20H;1-4,8H,5-6H2/t10-,16-;13-;8-/m110/s1. The van der Waals surface area contributed by atoms with E-state index in [1.807, 2.05) is 0 Å². The van der Waals surface area contributed by atoms with Crippen LogP contribution in [-0.4, -0.2) is 79.6 Å². The Morgan fingerprint density at radius 3 is 1.72 bits per heavy atom. The molecular weight excluding hydrogens is 887 g/mol. The highest BCUT2D eigenvalue weighted by atomic mass is 35.5. The Labute approximate surface area is 351 Å². The lowest BCUT2D eigenvalue weighted by molar-refractivity contribution is -0.385. The van der Waals surface area contributed by atoms with Crippen LogP contribution in [0.1, 0.15) is 22.3 Å². The Morgan fingerprint density at radius 2 is 1.21 bits per heavy atom. The molecule has 0 spiro atoms. The minimum atomic E-state index is -4.93. The predicted octanol–water partition coefficient (Wildman–Crippen LogP) is 8.42. The SMILES string of the molecule is O=[N+]([O-])c1cccc(S(=O)(=O)OC[C@@H]2CO2)c1.O[C@]1(C(F)(F)F)c2ccccc2-c2c(Cl)cc(OC[C@@H]3CO3)cc21.Oc1cc(Cl)c2c(c1)[C@@](O)(C(F)(F)F)c1ccccc1-2. The fourth-order valence-electron chi connectivity index (χ4n) is 6.81. The van der Waals surface area contributed by atoms with Crippen molar-refractivity contribution >= 4 is 39.0 Å². The van der Waals surface area contributed by atoms with Gasteiger partial charge in [-0.1, -0.05) is 77.8 Å². The van der Waals surface area contributed by atoms with Crippen molar-refractivity contribution in [3.8, 4) is 33.8 Å². The van der Waals surface area contributed by atoms with Crippen LogP contribution in [0.5, 0.6) is 11.5 Å². The fourth-order valence-corrected chi connectivity index (χ4v) is 8.42. The highest BCUT2D eigenvalue weighted by molar-refractivity contribution is 7.86. The summed E-state index contributed by atoms with van der Waals surface area (Å²) in [6.07, 6.45) is -10.1. The summed E-state index contributed by atoms with van der Waals surface area (Å²) in [5.41, 5.74) is -7.07. The van der Waals surface area contributed by atoms with Crippen LogP contribution in [0.25, 0.3) is 22.3 Å². The largest absolute Gasteiger partial charge is 0.508 e. The number of halogens is 8. The van der Waals surface area contributed by atoms with Crippen LogP contribution in [-0.2, 0) is 35.0 Å². The third-order valence-electron chi connectivity index (χ3n) is 9.88. The lowest BCUT2D eigenvalue weighted by Gasteiger charge is -2.28. The average Bonchev–Trinajstić information content (AvgIpc) is 4.14. The van der Waals surface area contributed by atoms with E-state index >= 15 is 0 Å². The first-order chi connectivity index (χ1) is 28.6. The molecule has 4 aliphatic rings. The first-order valence-corrected chi connectivity index (χ1v) is 19.9.